The maximum Gasteiger partial charge on any atom is 0.433 e. The zero-order valence-corrected chi connectivity index (χ0v) is 13.8. The summed E-state index contributed by atoms with van der Waals surface area (Å²) in [5, 5.41) is 6.04. The summed E-state index contributed by atoms with van der Waals surface area (Å²) in [6.07, 6.45) is 1.17. The number of pyridine rings is 1. The summed E-state index contributed by atoms with van der Waals surface area (Å²) in [4.78, 5) is 7.94. The summed E-state index contributed by atoms with van der Waals surface area (Å²) in [5.74, 6) is 0.619. The van der Waals surface area contributed by atoms with Gasteiger partial charge in [-0.2, -0.15) is 13.2 Å². The molecule has 3 rings (SSSR count). The van der Waals surface area contributed by atoms with E-state index < -0.39 is 11.9 Å². The molecule has 0 amide bonds. The monoisotopic (exact) mass is 356 g/mol. The van der Waals surface area contributed by atoms with Crippen molar-refractivity contribution < 1.29 is 13.2 Å². The van der Waals surface area contributed by atoms with E-state index in [1.54, 1.807) is 0 Å². The average molecular weight is 356 g/mol. The van der Waals surface area contributed by atoms with Gasteiger partial charge in [0, 0.05) is 23.2 Å². The van der Waals surface area contributed by atoms with Gasteiger partial charge in [-0.1, -0.05) is 0 Å². The van der Waals surface area contributed by atoms with E-state index in [1.807, 2.05) is 5.38 Å². The first-order valence-corrected chi connectivity index (χ1v) is 8.79. The van der Waals surface area contributed by atoms with E-state index in [2.05, 4.69) is 15.3 Å². The van der Waals surface area contributed by atoms with Gasteiger partial charge in [0.25, 0.3) is 0 Å². The van der Waals surface area contributed by atoms with Gasteiger partial charge in [0.05, 0.1) is 5.69 Å². The molecule has 0 saturated heterocycles. The predicted molar refractivity (Wildman–Crippen MR) is 88.8 cm³/mol. The average Bonchev–Trinajstić information content (AvgIpc) is 3.03. The number of thiazole rings is 1. The molecule has 1 fully saturated rings. The number of hydrogen-bond donors (Lipinski definition) is 2. The zero-order valence-electron chi connectivity index (χ0n) is 13.0. The fraction of sp³-hybridized carbons (Fsp3) is 0.500. The smallest absolute Gasteiger partial charge is 0.359 e. The highest BCUT2D eigenvalue weighted by molar-refractivity contribution is 7.14. The number of anilines is 1. The fourth-order valence-corrected chi connectivity index (χ4v) is 3.70. The lowest BCUT2D eigenvalue weighted by Gasteiger charge is -2.28. The van der Waals surface area contributed by atoms with Gasteiger partial charge in [0.15, 0.2) is 5.13 Å². The highest BCUT2D eigenvalue weighted by Gasteiger charge is 2.32. The van der Waals surface area contributed by atoms with E-state index in [-0.39, 0.29) is 0 Å². The van der Waals surface area contributed by atoms with Crippen molar-refractivity contribution in [3.63, 3.8) is 0 Å². The van der Waals surface area contributed by atoms with Crippen molar-refractivity contribution in [1.29, 1.82) is 0 Å². The Balaban J connectivity index is 1.63. The Bertz CT molecular complexity index is 661. The molecule has 1 aliphatic rings. The highest BCUT2D eigenvalue weighted by atomic mass is 32.1. The van der Waals surface area contributed by atoms with Gasteiger partial charge in [-0.3, -0.25) is 4.98 Å². The van der Waals surface area contributed by atoms with E-state index >= 15 is 0 Å². The van der Waals surface area contributed by atoms with E-state index in [0.29, 0.717) is 23.2 Å². The molecule has 8 heteroatoms. The second-order valence-corrected chi connectivity index (χ2v) is 6.92. The van der Waals surface area contributed by atoms with E-state index in [9.17, 15) is 13.2 Å². The summed E-state index contributed by atoms with van der Waals surface area (Å²) in [6, 6.07) is 2.77. The van der Waals surface area contributed by atoms with Crippen LogP contribution in [0.15, 0.2) is 23.7 Å². The van der Waals surface area contributed by atoms with Crippen LogP contribution in [0, 0.1) is 5.92 Å². The summed E-state index contributed by atoms with van der Waals surface area (Å²) < 4.78 is 37.6. The summed E-state index contributed by atoms with van der Waals surface area (Å²) >= 11 is 1.46. The molecule has 0 spiro atoms. The number of alkyl halides is 3. The molecule has 0 aliphatic heterocycles. The maximum absolute atomic E-state index is 12.5. The first kappa shape index (κ1) is 17.2. The van der Waals surface area contributed by atoms with Crippen LogP contribution in [0.3, 0.4) is 0 Å². The molecule has 2 aromatic heterocycles. The Hall–Kier alpha value is -1.67. The third kappa shape index (κ3) is 4.05. The third-order valence-electron chi connectivity index (χ3n) is 4.36. The molecule has 3 N–H and O–H groups in total. The quantitative estimate of drug-likeness (QED) is 0.864. The first-order valence-electron chi connectivity index (χ1n) is 7.91. The SMILES string of the molecule is NCC1CCC(Nc2nc(-c3ccc(C(F)(F)F)nc3)cs2)CC1. The van der Waals surface area contributed by atoms with Crippen molar-refractivity contribution in [1.82, 2.24) is 9.97 Å². The number of halogens is 3. The van der Waals surface area contributed by atoms with Gasteiger partial charge >= 0.3 is 6.18 Å². The Labute approximate surface area is 142 Å². The lowest BCUT2D eigenvalue weighted by molar-refractivity contribution is -0.141. The normalized spacial score (nSPS) is 21.7. The Morgan fingerprint density at radius 2 is 1.96 bits per heavy atom. The maximum atomic E-state index is 12.5. The number of hydrogen-bond acceptors (Lipinski definition) is 5. The first-order chi connectivity index (χ1) is 11.5. The molecule has 130 valence electrons. The van der Waals surface area contributed by atoms with Crippen LogP contribution in [-0.2, 0) is 6.18 Å². The molecule has 0 radical (unpaired) electrons. The molecule has 1 aliphatic carbocycles. The van der Waals surface area contributed by atoms with Crippen LogP contribution in [-0.4, -0.2) is 22.6 Å². The molecular weight excluding hydrogens is 337 g/mol. The lowest BCUT2D eigenvalue weighted by atomic mass is 9.86. The summed E-state index contributed by atoms with van der Waals surface area (Å²) in [7, 11) is 0. The summed E-state index contributed by atoms with van der Waals surface area (Å²) in [5.41, 5.74) is 6.03. The zero-order chi connectivity index (χ0) is 17.2. The molecule has 2 aromatic rings. The minimum atomic E-state index is -4.42. The van der Waals surface area contributed by atoms with Crippen molar-refractivity contribution in [3.8, 4) is 11.3 Å². The summed E-state index contributed by atoms with van der Waals surface area (Å²) in [6.45, 7) is 0.745. The lowest BCUT2D eigenvalue weighted by Crippen LogP contribution is -2.29. The van der Waals surface area contributed by atoms with E-state index in [0.717, 1.165) is 43.4 Å². The van der Waals surface area contributed by atoms with E-state index in [1.165, 1.54) is 23.6 Å². The molecule has 0 bridgehead atoms. The van der Waals surface area contributed by atoms with Gasteiger partial charge in [-0.25, -0.2) is 4.98 Å². The second kappa shape index (κ2) is 7.06. The fourth-order valence-electron chi connectivity index (χ4n) is 2.90. The number of nitrogens with one attached hydrogen (secondary N) is 1. The van der Waals surface area contributed by atoms with Crippen molar-refractivity contribution in [2.24, 2.45) is 11.7 Å². The molecular formula is C16H19F3N4S. The number of aromatic nitrogens is 2. The van der Waals surface area contributed by atoms with Crippen LogP contribution in [0.1, 0.15) is 31.4 Å². The molecule has 2 heterocycles. The minimum absolute atomic E-state index is 0.387. The molecule has 0 atom stereocenters. The Morgan fingerprint density at radius 1 is 1.21 bits per heavy atom. The highest BCUT2D eigenvalue weighted by Crippen LogP contribution is 2.31. The Kier molecular flexibility index (Phi) is 5.05. The molecule has 1 saturated carbocycles. The van der Waals surface area contributed by atoms with Crippen LogP contribution in [0.4, 0.5) is 18.3 Å². The van der Waals surface area contributed by atoms with Crippen LogP contribution >= 0.6 is 11.3 Å². The third-order valence-corrected chi connectivity index (χ3v) is 5.14. The molecule has 0 aromatic carbocycles. The number of rotatable bonds is 4. The number of nitrogens with two attached hydrogens (primary N) is 1. The van der Waals surface area contributed by atoms with Crippen molar-refractivity contribution in [2.75, 3.05) is 11.9 Å². The van der Waals surface area contributed by atoms with Gasteiger partial charge < -0.3 is 11.1 Å². The molecule has 0 unspecified atom stereocenters. The van der Waals surface area contributed by atoms with Crippen LogP contribution < -0.4 is 11.1 Å². The van der Waals surface area contributed by atoms with Gasteiger partial charge in [-0.15, -0.1) is 11.3 Å². The molecule has 24 heavy (non-hydrogen) atoms. The largest absolute Gasteiger partial charge is 0.433 e. The van der Waals surface area contributed by atoms with E-state index in [4.69, 9.17) is 5.73 Å². The predicted octanol–water partition coefficient (Wildman–Crippen LogP) is 4.15. The van der Waals surface area contributed by atoms with Crippen molar-refractivity contribution >= 4 is 16.5 Å². The molecule has 4 nitrogen and oxygen atoms in total. The van der Waals surface area contributed by atoms with Crippen LogP contribution in [0.5, 0.6) is 0 Å². The van der Waals surface area contributed by atoms with Gasteiger partial charge in [0.1, 0.15) is 5.69 Å². The Morgan fingerprint density at radius 3 is 2.54 bits per heavy atom. The standard InChI is InChI=1S/C16H19F3N4S/c17-16(18,19)14-6-3-11(8-21-14)13-9-24-15(23-13)22-12-4-1-10(7-20)2-5-12/h3,6,8-10,12H,1-2,4-5,7,20H2,(H,22,23). The van der Waals surface area contributed by atoms with Gasteiger partial charge in [-0.05, 0) is 50.3 Å². The van der Waals surface area contributed by atoms with Crippen LogP contribution in [0.2, 0.25) is 0 Å². The minimum Gasteiger partial charge on any atom is -0.359 e. The van der Waals surface area contributed by atoms with Crippen LogP contribution in [0.25, 0.3) is 11.3 Å². The van der Waals surface area contributed by atoms with Crippen molar-refractivity contribution in [2.45, 2.75) is 37.9 Å². The topological polar surface area (TPSA) is 63.8 Å². The second-order valence-electron chi connectivity index (χ2n) is 6.07. The van der Waals surface area contributed by atoms with Gasteiger partial charge in [0.2, 0.25) is 0 Å². The van der Waals surface area contributed by atoms with Crippen molar-refractivity contribution in [3.05, 3.63) is 29.4 Å². The number of nitrogens with zero attached hydrogens (tertiary/aromatic N) is 2.